The number of ether oxygens (including phenoxy) is 2. The Hall–Kier alpha value is -2.73. The first kappa shape index (κ1) is 22.0. The number of rotatable bonds is 8. The summed E-state index contributed by atoms with van der Waals surface area (Å²) in [4.78, 5) is 25.9. The van der Waals surface area contributed by atoms with E-state index in [1.54, 1.807) is 25.3 Å². The Labute approximate surface area is 181 Å². The molecule has 3 rings (SSSR count). The van der Waals surface area contributed by atoms with E-state index in [2.05, 4.69) is 0 Å². The number of amides is 2. The zero-order valence-electron chi connectivity index (χ0n) is 17.1. The normalized spacial score (nSPS) is 16.2. The molecule has 0 aliphatic carbocycles. The van der Waals surface area contributed by atoms with Crippen molar-refractivity contribution < 1.29 is 19.1 Å². The summed E-state index contributed by atoms with van der Waals surface area (Å²) >= 11 is 6.18. The van der Waals surface area contributed by atoms with Crippen LogP contribution in [0.3, 0.4) is 0 Å². The highest BCUT2D eigenvalue weighted by Crippen LogP contribution is 2.31. The highest BCUT2D eigenvalue weighted by atomic mass is 35.5. The summed E-state index contributed by atoms with van der Waals surface area (Å²) < 4.78 is 11.3. The SMILES string of the molecule is COc1cc(C(=O)N2CCCC(CCC(N)=O)C2)ccc1OCc1ccccc1Cl. The van der Waals surface area contributed by atoms with E-state index in [0.717, 1.165) is 24.8 Å². The van der Waals surface area contributed by atoms with Crippen molar-refractivity contribution in [3.8, 4) is 11.5 Å². The van der Waals surface area contributed by atoms with Gasteiger partial charge in [-0.3, -0.25) is 9.59 Å². The highest BCUT2D eigenvalue weighted by Gasteiger charge is 2.25. The van der Waals surface area contributed by atoms with Crippen molar-refractivity contribution in [1.29, 1.82) is 0 Å². The quantitative estimate of drug-likeness (QED) is 0.685. The van der Waals surface area contributed by atoms with Crippen LogP contribution >= 0.6 is 11.6 Å². The maximum Gasteiger partial charge on any atom is 0.254 e. The molecule has 1 atom stereocenters. The number of piperidine rings is 1. The molecule has 0 spiro atoms. The zero-order valence-corrected chi connectivity index (χ0v) is 17.9. The van der Waals surface area contributed by atoms with Crippen LogP contribution in [-0.4, -0.2) is 36.9 Å². The van der Waals surface area contributed by atoms with Gasteiger partial charge in [0.15, 0.2) is 11.5 Å². The third kappa shape index (κ3) is 5.66. The number of carbonyl (C=O) groups excluding carboxylic acids is 2. The van der Waals surface area contributed by atoms with Crippen molar-refractivity contribution in [2.45, 2.75) is 32.3 Å². The van der Waals surface area contributed by atoms with Gasteiger partial charge in [0.2, 0.25) is 5.91 Å². The lowest BCUT2D eigenvalue weighted by molar-refractivity contribution is -0.118. The Kier molecular flexibility index (Phi) is 7.57. The van der Waals surface area contributed by atoms with Crippen molar-refractivity contribution in [2.75, 3.05) is 20.2 Å². The molecule has 0 radical (unpaired) electrons. The van der Waals surface area contributed by atoms with Gasteiger partial charge in [0.25, 0.3) is 5.91 Å². The van der Waals surface area contributed by atoms with Crippen LogP contribution in [0.2, 0.25) is 5.02 Å². The Morgan fingerprint density at radius 3 is 2.73 bits per heavy atom. The summed E-state index contributed by atoms with van der Waals surface area (Å²) in [5.74, 6) is 1.00. The standard InChI is InChI=1S/C23H27ClN2O4/c1-29-21-13-17(9-10-20(21)30-15-18-6-2-3-7-19(18)24)23(28)26-12-4-5-16(14-26)8-11-22(25)27/h2-3,6-7,9-10,13,16H,4-5,8,11-12,14-15H2,1H3,(H2,25,27). The second-order valence-electron chi connectivity index (χ2n) is 7.51. The lowest BCUT2D eigenvalue weighted by Crippen LogP contribution is -2.40. The average Bonchev–Trinajstić information content (AvgIpc) is 2.76. The Balaban J connectivity index is 1.66. The molecule has 2 N–H and O–H groups in total. The van der Waals surface area contributed by atoms with Gasteiger partial charge in [-0.05, 0) is 49.4 Å². The van der Waals surface area contributed by atoms with E-state index in [4.69, 9.17) is 26.8 Å². The molecular formula is C23H27ClN2O4. The number of methoxy groups -OCH3 is 1. The van der Waals surface area contributed by atoms with Crippen LogP contribution in [0.5, 0.6) is 11.5 Å². The van der Waals surface area contributed by atoms with Crippen LogP contribution in [0.25, 0.3) is 0 Å². The molecule has 1 unspecified atom stereocenters. The molecule has 0 aromatic heterocycles. The van der Waals surface area contributed by atoms with E-state index in [1.807, 2.05) is 29.2 Å². The Bertz CT molecular complexity index is 903. The van der Waals surface area contributed by atoms with Crippen LogP contribution in [0.15, 0.2) is 42.5 Å². The van der Waals surface area contributed by atoms with Crippen molar-refractivity contribution >= 4 is 23.4 Å². The Morgan fingerprint density at radius 1 is 1.20 bits per heavy atom. The highest BCUT2D eigenvalue weighted by molar-refractivity contribution is 6.31. The molecule has 2 aromatic rings. The minimum atomic E-state index is -0.296. The number of hydrogen-bond acceptors (Lipinski definition) is 4. The fraction of sp³-hybridized carbons (Fsp3) is 0.391. The summed E-state index contributed by atoms with van der Waals surface area (Å²) in [6.07, 6.45) is 3.01. The van der Waals surface area contributed by atoms with Crippen LogP contribution in [-0.2, 0) is 11.4 Å². The van der Waals surface area contributed by atoms with Crippen LogP contribution in [0.4, 0.5) is 0 Å². The van der Waals surface area contributed by atoms with Crippen molar-refractivity contribution in [2.24, 2.45) is 11.7 Å². The zero-order chi connectivity index (χ0) is 21.5. The summed E-state index contributed by atoms with van der Waals surface area (Å²) in [5, 5.41) is 0.638. The molecular weight excluding hydrogens is 404 g/mol. The lowest BCUT2D eigenvalue weighted by Gasteiger charge is -2.33. The van der Waals surface area contributed by atoms with E-state index in [-0.39, 0.29) is 11.8 Å². The first-order valence-corrected chi connectivity index (χ1v) is 10.5. The first-order chi connectivity index (χ1) is 14.5. The number of halogens is 1. The molecule has 1 aliphatic heterocycles. The molecule has 160 valence electrons. The number of carbonyl (C=O) groups is 2. The van der Waals surface area contributed by atoms with Gasteiger partial charge >= 0.3 is 0 Å². The molecule has 1 fully saturated rings. The van der Waals surface area contributed by atoms with Crippen LogP contribution in [0.1, 0.15) is 41.6 Å². The average molecular weight is 431 g/mol. The van der Waals surface area contributed by atoms with Gasteiger partial charge in [0.05, 0.1) is 7.11 Å². The van der Waals surface area contributed by atoms with E-state index in [9.17, 15) is 9.59 Å². The molecule has 7 heteroatoms. The third-order valence-corrected chi connectivity index (χ3v) is 5.73. The lowest BCUT2D eigenvalue weighted by atomic mass is 9.93. The van der Waals surface area contributed by atoms with Crippen LogP contribution in [0, 0.1) is 5.92 Å². The van der Waals surface area contributed by atoms with Crippen molar-refractivity contribution in [3.05, 3.63) is 58.6 Å². The summed E-state index contributed by atoms with van der Waals surface area (Å²) in [7, 11) is 1.55. The fourth-order valence-electron chi connectivity index (χ4n) is 3.70. The van der Waals surface area contributed by atoms with E-state index < -0.39 is 0 Å². The molecule has 1 heterocycles. The number of primary amides is 1. The molecule has 0 saturated carbocycles. The van der Waals surface area contributed by atoms with Gasteiger partial charge in [-0.15, -0.1) is 0 Å². The van der Waals surface area contributed by atoms with Crippen molar-refractivity contribution in [3.63, 3.8) is 0 Å². The minimum Gasteiger partial charge on any atom is -0.493 e. The minimum absolute atomic E-state index is 0.0465. The number of nitrogens with two attached hydrogens (primary N) is 1. The topological polar surface area (TPSA) is 81.9 Å². The number of benzene rings is 2. The van der Waals surface area contributed by atoms with Gasteiger partial charge in [0.1, 0.15) is 6.61 Å². The van der Waals surface area contributed by atoms with E-state index in [1.165, 1.54) is 0 Å². The Morgan fingerprint density at radius 2 is 2.00 bits per heavy atom. The number of likely N-dealkylation sites (tertiary alicyclic amines) is 1. The van der Waals surface area contributed by atoms with Gasteiger partial charge in [-0.25, -0.2) is 0 Å². The van der Waals surface area contributed by atoms with Gasteiger partial charge < -0.3 is 20.1 Å². The smallest absolute Gasteiger partial charge is 0.254 e. The van der Waals surface area contributed by atoms with Crippen molar-refractivity contribution in [1.82, 2.24) is 4.90 Å². The van der Waals surface area contributed by atoms with Gasteiger partial charge in [-0.1, -0.05) is 29.8 Å². The van der Waals surface area contributed by atoms with E-state index >= 15 is 0 Å². The second kappa shape index (κ2) is 10.3. The molecule has 0 bridgehead atoms. The summed E-state index contributed by atoms with van der Waals surface area (Å²) in [5.41, 5.74) is 6.68. The summed E-state index contributed by atoms with van der Waals surface area (Å²) in [6.45, 7) is 1.65. The number of hydrogen-bond donors (Lipinski definition) is 1. The number of nitrogens with zero attached hydrogens (tertiary/aromatic N) is 1. The molecule has 30 heavy (non-hydrogen) atoms. The van der Waals surface area contributed by atoms with Crippen LogP contribution < -0.4 is 15.2 Å². The fourth-order valence-corrected chi connectivity index (χ4v) is 3.90. The third-order valence-electron chi connectivity index (χ3n) is 5.36. The second-order valence-corrected chi connectivity index (χ2v) is 7.92. The van der Waals surface area contributed by atoms with Gasteiger partial charge in [-0.2, -0.15) is 0 Å². The monoisotopic (exact) mass is 430 g/mol. The largest absolute Gasteiger partial charge is 0.493 e. The molecule has 1 saturated heterocycles. The predicted octanol–water partition coefficient (Wildman–Crippen LogP) is 4.05. The first-order valence-electron chi connectivity index (χ1n) is 10.1. The van der Waals surface area contributed by atoms with E-state index in [0.29, 0.717) is 54.1 Å². The molecule has 2 aromatic carbocycles. The maximum atomic E-state index is 13.0. The summed E-state index contributed by atoms with van der Waals surface area (Å²) in [6, 6.07) is 12.7. The molecule has 1 aliphatic rings. The molecule has 2 amide bonds. The maximum absolute atomic E-state index is 13.0. The molecule has 6 nitrogen and oxygen atoms in total. The predicted molar refractivity (Wildman–Crippen MR) is 116 cm³/mol. The van der Waals surface area contributed by atoms with Gasteiger partial charge in [0, 0.05) is 35.7 Å².